The lowest BCUT2D eigenvalue weighted by Crippen LogP contribution is -2.10. The lowest BCUT2D eigenvalue weighted by Gasteiger charge is -2.09. The van der Waals surface area contributed by atoms with E-state index in [0.717, 1.165) is 17.7 Å². The minimum atomic E-state index is -0.432. The van der Waals surface area contributed by atoms with Gasteiger partial charge in [0.2, 0.25) is 5.91 Å². The van der Waals surface area contributed by atoms with Gasteiger partial charge in [0.05, 0.1) is 6.26 Å². The van der Waals surface area contributed by atoms with Gasteiger partial charge in [0.1, 0.15) is 5.75 Å². The lowest BCUT2D eigenvalue weighted by atomic mass is 10.1. The van der Waals surface area contributed by atoms with E-state index in [4.69, 9.17) is 10.5 Å². The Morgan fingerprint density at radius 2 is 2.29 bits per heavy atom. The number of allylic oxidation sites excluding steroid dienone is 2. The largest absolute Gasteiger partial charge is 0.464 e. The summed E-state index contributed by atoms with van der Waals surface area (Å²) in [6.45, 7) is 0. The Kier molecular flexibility index (Phi) is 2.44. The van der Waals surface area contributed by atoms with Gasteiger partial charge in [0, 0.05) is 21.8 Å². The van der Waals surface area contributed by atoms with Crippen LogP contribution in [0.2, 0.25) is 0 Å². The number of hydrogen-bond donors (Lipinski definition) is 1. The standard InChI is InChI=1S/C13H11NO2S/c14-13(15)9-1-2-10-11(7-9)16-5-3-8-4-6-17-12(8)10/h1-3,5,7H,4,6H2,(H2,14,15). The Labute approximate surface area is 103 Å². The lowest BCUT2D eigenvalue weighted by molar-refractivity contribution is 0.1000. The van der Waals surface area contributed by atoms with Crippen LogP contribution < -0.4 is 10.5 Å². The zero-order valence-corrected chi connectivity index (χ0v) is 9.92. The molecule has 2 heterocycles. The highest BCUT2D eigenvalue weighted by atomic mass is 32.2. The number of thioether (sulfide) groups is 1. The van der Waals surface area contributed by atoms with Crippen LogP contribution in [0.15, 0.2) is 36.1 Å². The van der Waals surface area contributed by atoms with Crippen molar-refractivity contribution in [3.05, 3.63) is 47.2 Å². The molecule has 3 rings (SSSR count). The van der Waals surface area contributed by atoms with Gasteiger partial charge in [-0.1, -0.05) is 0 Å². The SMILES string of the molecule is NC(=O)c1ccc2c(c1)OC=CC1=C2SCC1. The Bertz CT molecular complexity index is 561. The average Bonchev–Trinajstić information content (AvgIpc) is 2.71. The van der Waals surface area contributed by atoms with Gasteiger partial charge in [0.15, 0.2) is 0 Å². The van der Waals surface area contributed by atoms with Crippen molar-refractivity contribution in [1.82, 2.24) is 0 Å². The summed E-state index contributed by atoms with van der Waals surface area (Å²) in [7, 11) is 0. The molecule has 0 spiro atoms. The molecule has 1 amide bonds. The zero-order chi connectivity index (χ0) is 11.8. The molecule has 2 aliphatic heterocycles. The van der Waals surface area contributed by atoms with Gasteiger partial charge in [-0.05, 0) is 36.3 Å². The molecular weight excluding hydrogens is 234 g/mol. The summed E-state index contributed by atoms with van der Waals surface area (Å²) in [6.07, 6.45) is 4.74. The number of rotatable bonds is 1. The summed E-state index contributed by atoms with van der Waals surface area (Å²) < 4.78 is 5.53. The molecule has 3 nitrogen and oxygen atoms in total. The molecule has 0 fully saturated rings. The first-order valence-corrected chi connectivity index (χ1v) is 6.37. The molecule has 0 saturated heterocycles. The Morgan fingerprint density at radius 3 is 3.12 bits per heavy atom. The second-order valence-electron chi connectivity index (χ2n) is 3.95. The van der Waals surface area contributed by atoms with E-state index in [1.54, 1.807) is 18.4 Å². The number of nitrogens with two attached hydrogens (primary N) is 1. The topological polar surface area (TPSA) is 52.3 Å². The number of amides is 1. The van der Waals surface area contributed by atoms with Crippen molar-refractivity contribution >= 4 is 22.6 Å². The first kappa shape index (κ1) is 10.5. The monoisotopic (exact) mass is 245 g/mol. The van der Waals surface area contributed by atoms with Crippen LogP contribution in [-0.2, 0) is 0 Å². The molecule has 0 atom stereocenters. The van der Waals surface area contributed by atoms with E-state index in [1.165, 1.54) is 10.5 Å². The molecule has 0 unspecified atom stereocenters. The molecule has 4 heteroatoms. The van der Waals surface area contributed by atoms with Crippen LogP contribution in [0.1, 0.15) is 22.3 Å². The third-order valence-electron chi connectivity index (χ3n) is 2.88. The van der Waals surface area contributed by atoms with Crippen molar-refractivity contribution in [2.75, 3.05) is 5.75 Å². The fourth-order valence-corrected chi connectivity index (χ4v) is 3.23. The normalized spacial score (nSPS) is 17.2. The summed E-state index contributed by atoms with van der Waals surface area (Å²) in [5, 5.41) is 0. The van der Waals surface area contributed by atoms with Gasteiger partial charge in [0.25, 0.3) is 0 Å². The molecule has 0 aromatic heterocycles. The number of fused-ring (bicyclic) bond motifs is 2. The highest BCUT2D eigenvalue weighted by molar-refractivity contribution is 8.08. The summed E-state index contributed by atoms with van der Waals surface area (Å²) in [4.78, 5) is 12.4. The smallest absolute Gasteiger partial charge is 0.248 e. The van der Waals surface area contributed by atoms with Gasteiger partial charge in [-0.25, -0.2) is 0 Å². The number of primary amides is 1. The summed E-state index contributed by atoms with van der Waals surface area (Å²) in [5.41, 5.74) is 8.10. The van der Waals surface area contributed by atoms with E-state index >= 15 is 0 Å². The first-order chi connectivity index (χ1) is 8.25. The average molecular weight is 245 g/mol. The van der Waals surface area contributed by atoms with Crippen LogP contribution in [0.3, 0.4) is 0 Å². The number of carbonyl (C=O) groups excluding carboxylic acids is 1. The molecule has 2 aliphatic rings. The minimum absolute atomic E-state index is 0.432. The van der Waals surface area contributed by atoms with Crippen molar-refractivity contribution in [2.24, 2.45) is 5.73 Å². The van der Waals surface area contributed by atoms with E-state index in [0.29, 0.717) is 11.3 Å². The van der Waals surface area contributed by atoms with Crippen molar-refractivity contribution in [2.45, 2.75) is 6.42 Å². The third-order valence-corrected chi connectivity index (χ3v) is 4.06. The van der Waals surface area contributed by atoms with Crippen LogP contribution in [-0.4, -0.2) is 11.7 Å². The van der Waals surface area contributed by atoms with Crippen LogP contribution in [0, 0.1) is 0 Å². The van der Waals surface area contributed by atoms with Crippen LogP contribution in [0.4, 0.5) is 0 Å². The Balaban J connectivity index is 2.15. The van der Waals surface area contributed by atoms with Crippen molar-refractivity contribution in [1.29, 1.82) is 0 Å². The van der Waals surface area contributed by atoms with Crippen LogP contribution in [0.25, 0.3) is 4.91 Å². The predicted octanol–water partition coefficient (Wildman–Crippen LogP) is 2.54. The summed E-state index contributed by atoms with van der Waals surface area (Å²) in [5.74, 6) is 1.38. The Morgan fingerprint density at radius 1 is 1.41 bits per heavy atom. The van der Waals surface area contributed by atoms with Crippen LogP contribution in [0.5, 0.6) is 5.75 Å². The third kappa shape index (κ3) is 1.74. The van der Waals surface area contributed by atoms with Gasteiger partial charge < -0.3 is 10.5 Å². The fourth-order valence-electron chi connectivity index (χ4n) is 2.03. The van der Waals surface area contributed by atoms with E-state index in [2.05, 4.69) is 0 Å². The quantitative estimate of drug-likeness (QED) is 0.827. The minimum Gasteiger partial charge on any atom is -0.464 e. The maximum atomic E-state index is 11.1. The molecule has 0 aliphatic carbocycles. The molecule has 86 valence electrons. The molecule has 17 heavy (non-hydrogen) atoms. The van der Waals surface area contributed by atoms with Gasteiger partial charge in [-0.2, -0.15) is 0 Å². The van der Waals surface area contributed by atoms with Crippen molar-refractivity contribution in [3.63, 3.8) is 0 Å². The molecule has 1 aromatic rings. The maximum absolute atomic E-state index is 11.1. The molecule has 2 N–H and O–H groups in total. The highest BCUT2D eigenvalue weighted by Crippen LogP contribution is 2.44. The number of hydrogen-bond acceptors (Lipinski definition) is 3. The maximum Gasteiger partial charge on any atom is 0.248 e. The highest BCUT2D eigenvalue weighted by Gasteiger charge is 2.21. The second kappa shape index (κ2) is 3.96. The number of ether oxygens (including phenoxy) is 1. The molecule has 0 saturated carbocycles. The van der Waals surface area contributed by atoms with Crippen molar-refractivity contribution in [3.8, 4) is 5.75 Å². The van der Waals surface area contributed by atoms with Gasteiger partial charge in [-0.15, -0.1) is 11.8 Å². The molecular formula is C13H11NO2S. The van der Waals surface area contributed by atoms with E-state index in [1.807, 2.05) is 23.9 Å². The van der Waals surface area contributed by atoms with Gasteiger partial charge >= 0.3 is 0 Å². The van der Waals surface area contributed by atoms with Crippen molar-refractivity contribution < 1.29 is 9.53 Å². The number of benzene rings is 1. The van der Waals surface area contributed by atoms with E-state index < -0.39 is 5.91 Å². The molecule has 0 radical (unpaired) electrons. The predicted molar refractivity (Wildman–Crippen MR) is 68.7 cm³/mol. The van der Waals surface area contributed by atoms with E-state index in [-0.39, 0.29) is 0 Å². The first-order valence-electron chi connectivity index (χ1n) is 5.39. The number of carbonyl (C=O) groups is 1. The zero-order valence-electron chi connectivity index (χ0n) is 9.10. The Hall–Kier alpha value is -1.68. The van der Waals surface area contributed by atoms with Crippen LogP contribution >= 0.6 is 11.8 Å². The van der Waals surface area contributed by atoms with E-state index in [9.17, 15) is 4.79 Å². The van der Waals surface area contributed by atoms with Gasteiger partial charge in [-0.3, -0.25) is 4.79 Å². The molecule has 0 bridgehead atoms. The fraction of sp³-hybridized carbons (Fsp3) is 0.154. The summed E-state index contributed by atoms with van der Waals surface area (Å²) in [6, 6.07) is 5.37. The second-order valence-corrected chi connectivity index (χ2v) is 5.05. The molecule has 1 aromatic carbocycles. The summed E-state index contributed by atoms with van der Waals surface area (Å²) >= 11 is 1.83.